The molecule has 0 aromatic carbocycles. The molecule has 1 aromatic rings. The lowest BCUT2D eigenvalue weighted by Crippen LogP contribution is -2.13. The van der Waals surface area contributed by atoms with Crippen molar-refractivity contribution in [2.75, 3.05) is 6.61 Å². The molecule has 2 rings (SSSR count). The molecule has 0 bridgehead atoms. The predicted molar refractivity (Wildman–Crippen MR) is 55.0 cm³/mol. The summed E-state index contributed by atoms with van der Waals surface area (Å²) in [5.41, 5.74) is 1.45. The van der Waals surface area contributed by atoms with Gasteiger partial charge in [-0.25, -0.2) is 4.79 Å². The number of carbonyl (C=O) groups is 2. The molecule has 5 nitrogen and oxygen atoms in total. The quantitative estimate of drug-likeness (QED) is 0.558. The number of nitrogens with zero attached hydrogens (tertiary/aromatic N) is 1. The normalized spacial score (nSPS) is 17.9. The van der Waals surface area contributed by atoms with Crippen LogP contribution in [-0.4, -0.2) is 29.7 Å². The highest BCUT2D eigenvalue weighted by Gasteiger charge is 2.27. The molecule has 1 aliphatic heterocycles. The Morgan fingerprint density at radius 2 is 2.50 bits per heavy atom. The number of rotatable bonds is 4. The van der Waals surface area contributed by atoms with Crippen LogP contribution in [-0.2, 0) is 27.2 Å². The lowest BCUT2D eigenvalue weighted by molar-refractivity contribution is -0.133. The molecular weight excluding hydrogens is 210 g/mol. The summed E-state index contributed by atoms with van der Waals surface area (Å²) in [5, 5.41) is 0. The van der Waals surface area contributed by atoms with Gasteiger partial charge in [0.2, 0.25) is 0 Å². The van der Waals surface area contributed by atoms with Gasteiger partial charge in [-0.2, -0.15) is 0 Å². The molecule has 5 heteroatoms. The zero-order chi connectivity index (χ0) is 11.5. The maximum atomic E-state index is 11.6. The first kappa shape index (κ1) is 10.7. The third-order valence-corrected chi connectivity index (χ3v) is 2.64. The molecule has 1 atom stereocenters. The van der Waals surface area contributed by atoms with Gasteiger partial charge in [-0.05, 0) is 13.0 Å². The zero-order valence-electron chi connectivity index (χ0n) is 9.01. The van der Waals surface area contributed by atoms with Crippen molar-refractivity contribution >= 4 is 12.4 Å². The van der Waals surface area contributed by atoms with Crippen molar-refractivity contribution in [2.45, 2.75) is 26.0 Å². The van der Waals surface area contributed by atoms with Crippen LogP contribution in [0.2, 0.25) is 0 Å². The minimum Gasteiger partial charge on any atom is -0.462 e. The van der Waals surface area contributed by atoms with Crippen LogP contribution in [0.4, 0.5) is 0 Å². The number of carbonyl (C=O) groups excluding carboxylic acids is 2. The SMILES string of the molecule is CCOC(=O)c1ccn2c1C[C@@H](OC=O)C2. The van der Waals surface area contributed by atoms with E-state index < -0.39 is 0 Å². The Morgan fingerprint density at radius 3 is 3.19 bits per heavy atom. The summed E-state index contributed by atoms with van der Waals surface area (Å²) in [7, 11) is 0. The molecule has 16 heavy (non-hydrogen) atoms. The lowest BCUT2D eigenvalue weighted by Gasteiger charge is -2.05. The minimum absolute atomic E-state index is 0.165. The second-order valence-corrected chi connectivity index (χ2v) is 3.61. The number of esters is 1. The Labute approximate surface area is 92.9 Å². The highest BCUT2D eigenvalue weighted by atomic mass is 16.5. The predicted octanol–water partition coefficient (Wildman–Crippen LogP) is 0.763. The van der Waals surface area contributed by atoms with Gasteiger partial charge in [0, 0.05) is 18.3 Å². The van der Waals surface area contributed by atoms with E-state index in [4.69, 9.17) is 9.47 Å². The highest BCUT2D eigenvalue weighted by molar-refractivity contribution is 5.91. The summed E-state index contributed by atoms with van der Waals surface area (Å²) in [6.45, 7) is 3.18. The number of hydrogen-bond acceptors (Lipinski definition) is 4. The second kappa shape index (κ2) is 4.38. The van der Waals surface area contributed by atoms with Crippen molar-refractivity contribution < 1.29 is 19.1 Å². The first-order valence-electron chi connectivity index (χ1n) is 5.20. The Morgan fingerprint density at radius 1 is 1.69 bits per heavy atom. The number of ether oxygens (including phenoxy) is 2. The fourth-order valence-electron chi connectivity index (χ4n) is 1.97. The van der Waals surface area contributed by atoms with Crippen LogP contribution in [0.1, 0.15) is 23.0 Å². The minimum atomic E-state index is -0.317. The summed E-state index contributed by atoms with van der Waals surface area (Å²) in [4.78, 5) is 21.8. The average Bonchev–Trinajstić information content (AvgIpc) is 2.77. The van der Waals surface area contributed by atoms with Crippen molar-refractivity contribution in [1.82, 2.24) is 4.57 Å². The van der Waals surface area contributed by atoms with Gasteiger partial charge in [0.15, 0.2) is 0 Å². The van der Waals surface area contributed by atoms with Crippen LogP contribution in [0.15, 0.2) is 12.3 Å². The van der Waals surface area contributed by atoms with Crippen LogP contribution in [0.25, 0.3) is 0 Å². The van der Waals surface area contributed by atoms with E-state index >= 15 is 0 Å². The molecule has 1 aliphatic rings. The number of fused-ring (bicyclic) bond motifs is 1. The molecule has 0 amide bonds. The maximum absolute atomic E-state index is 11.6. The van der Waals surface area contributed by atoms with E-state index in [0.29, 0.717) is 31.6 Å². The molecular formula is C11H13NO4. The zero-order valence-corrected chi connectivity index (χ0v) is 9.01. The van der Waals surface area contributed by atoms with E-state index in [2.05, 4.69) is 0 Å². The Kier molecular flexibility index (Phi) is 2.94. The molecule has 0 N–H and O–H groups in total. The smallest absolute Gasteiger partial charge is 0.339 e. The van der Waals surface area contributed by atoms with Gasteiger partial charge in [-0.15, -0.1) is 0 Å². The van der Waals surface area contributed by atoms with Gasteiger partial charge < -0.3 is 14.0 Å². The van der Waals surface area contributed by atoms with Crippen molar-refractivity contribution in [1.29, 1.82) is 0 Å². The first-order chi connectivity index (χ1) is 7.76. The van der Waals surface area contributed by atoms with Gasteiger partial charge in [0.1, 0.15) is 6.10 Å². The van der Waals surface area contributed by atoms with E-state index in [1.54, 1.807) is 13.0 Å². The molecule has 86 valence electrons. The molecule has 0 fully saturated rings. The Bertz CT molecular complexity index is 410. The van der Waals surface area contributed by atoms with Gasteiger partial charge in [0.05, 0.1) is 18.7 Å². The third-order valence-electron chi connectivity index (χ3n) is 2.64. The van der Waals surface area contributed by atoms with Crippen LogP contribution < -0.4 is 0 Å². The van der Waals surface area contributed by atoms with E-state index in [1.807, 2.05) is 10.8 Å². The van der Waals surface area contributed by atoms with E-state index in [-0.39, 0.29) is 12.1 Å². The molecule has 0 saturated heterocycles. The van der Waals surface area contributed by atoms with E-state index in [9.17, 15) is 9.59 Å². The molecule has 2 heterocycles. The van der Waals surface area contributed by atoms with E-state index in [1.165, 1.54) is 0 Å². The molecule has 1 aromatic heterocycles. The fourth-order valence-corrected chi connectivity index (χ4v) is 1.97. The van der Waals surface area contributed by atoms with E-state index in [0.717, 1.165) is 5.69 Å². The largest absolute Gasteiger partial charge is 0.462 e. The molecule has 0 spiro atoms. The average molecular weight is 223 g/mol. The van der Waals surface area contributed by atoms with Crippen LogP contribution in [0.5, 0.6) is 0 Å². The van der Waals surface area contributed by atoms with Crippen LogP contribution in [0, 0.1) is 0 Å². The first-order valence-corrected chi connectivity index (χ1v) is 5.20. The van der Waals surface area contributed by atoms with Gasteiger partial charge in [0.25, 0.3) is 6.47 Å². The van der Waals surface area contributed by atoms with Crippen molar-refractivity contribution in [3.63, 3.8) is 0 Å². The van der Waals surface area contributed by atoms with Gasteiger partial charge in [-0.1, -0.05) is 0 Å². The van der Waals surface area contributed by atoms with Gasteiger partial charge in [-0.3, -0.25) is 4.79 Å². The van der Waals surface area contributed by atoms with Crippen molar-refractivity contribution in [3.8, 4) is 0 Å². The maximum Gasteiger partial charge on any atom is 0.339 e. The molecule has 0 radical (unpaired) electrons. The third kappa shape index (κ3) is 1.80. The van der Waals surface area contributed by atoms with Crippen molar-refractivity contribution in [3.05, 3.63) is 23.5 Å². The Hall–Kier alpha value is -1.78. The fraction of sp³-hybridized carbons (Fsp3) is 0.455. The van der Waals surface area contributed by atoms with Crippen molar-refractivity contribution in [2.24, 2.45) is 0 Å². The van der Waals surface area contributed by atoms with Gasteiger partial charge >= 0.3 is 5.97 Å². The summed E-state index contributed by atoms with van der Waals surface area (Å²) in [6.07, 6.45) is 2.22. The summed E-state index contributed by atoms with van der Waals surface area (Å²) in [6, 6.07) is 1.74. The summed E-state index contributed by atoms with van der Waals surface area (Å²) < 4.78 is 11.7. The highest BCUT2D eigenvalue weighted by Crippen LogP contribution is 2.22. The lowest BCUT2D eigenvalue weighted by atomic mass is 10.1. The summed E-state index contributed by atoms with van der Waals surface area (Å²) >= 11 is 0. The van der Waals surface area contributed by atoms with Crippen LogP contribution >= 0.6 is 0 Å². The number of hydrogen-bond donors (Lipinski definition) is 0. The Balaban J connectivity index is 2.15. The summed E-state index contributed by atoms with van der Waals surface area (Å²) in [5.74, 6) is -0.317. The molecule has 0 saturated carbocycles. The topological polar surface area (TPSA) is 57.5 Å². The van der Waals surface area contributed by atoms with Crippen LogP contribution in [0.3, 0.4) is 0 Å². The number of aromatic nitrogens is 1. The standard InChI is InChI=1S/C11H13NO4/c1-2-15-11(14)9-3-4-12-6-8(16-7-13)5-10(9)12/h3-4,7-8H,2,5-6H2,1H3/t8-/m1/s1. The monoisotopic (exact) mass is 223 g/mol. The molecule has 0 unspecified atom stereocenters. The molecule has 0 aliphatic carbocycles. The second-order valence-electron chi connectivity index (χ2n) is 3.61.